The second-order valence-corrected chi connectivity index (χ2v) is 23.9. The first kappa shape index (κ1) is 77.4. The highest BCUT2D eigenvalue weighted by Gasteiger charge is 2.47. The lowest BCUT2D eigenvalue weighted by atomic mass is 9.99. The van der Waals surface area contributed by atoms with E-state index < -0.39 is 67.4 Å². The molecule has 82 heavy (non-hydrogen) atoms. The Labute approximate surface area is 503 Å². The van der Waals surface area contributed by atoms with Crippen LogP contribution in [0.25, 0.3) is 0 Å². The summed E-state index contributed by atoms with van der Waals surface area (Å²) >= 11 is 0. The third kappa shape index (κ3) is 45.7. The van der Waals surface area contributed by atoms with Gasteiger partial charge in [0, 0.05) is 6.42 Å². The van der Waals surface area contributed by atoms with Gasteiger partial charge in [0.05, 0.1) is 25.4 Å². The number of unbranched alkanes of at least 4 members (excludes halogenated alkanes) is 37. The fourth-order valence-electron chi connectivity index (χ4n) is 10.7. The second-order valence-electron chi connectivity index (χ2n) is 23.9. The molecule has 1 fully saturated rings. The topological polar surface area (TPSA) is 175 Å². The summed E-state index contributed by atoms with van der Waals surface area (Å²) in [6.45, 7) is 5.68. The number of rotatable bonds is 59. The Bertz CT molecular complexity index is 1560. The first-order valence-electron chi connectivity index (χ1n) is 34.6. The molecule has 1 aliphatic rings. The van der Waals surface area contributed by atoms with Crippen molar-refractivity contribution in [3.63, 3.8) is 0 Å². The average molecular weight is 1160 g/mol. The fourth-order valence-corrected chi connectivity index (χ4v) is 10.7. The van der Waals surface area contributed by atoms with Crippen molar-refractivity contribution in [1.82, 2.24) is 5.32 Å². The zero-order valence-electron chi connectivity index (χ0n) is 53.1. The summed E-state index contributed by atoms with van der Waals surface area (Å²) in [5, 5.41) is 57.1. The summed E-state index contributed by atoms with van der Waals surface area (Å²) in [6.07, 6.45) is 64.1. The van der Waals surface area contributed by atoms with Crippen molar-refractivity contribution in [2.45, 2.75) is 365 Å². The van der Waals surface area contributed by atoms with Crippen molar-refractivity contribution in [3.8, 4) is 0 Å². The first-order chi connectivity index (χ1) is 40.2. The summed E-state index contributed by atoms with van der Waals surface area (Å²) in [6, 6.07) is -1.03. The Morgan fingerprint density at radius 1 is 0.488 bits per heavy atom. The van der Waals surface area contributed by atoms with Gasteiger partial charge in [-0.1, -0.05) is 287 Å². The molecule has 478 valence electrons. The molecule has 0 aromatic heterocycles. The van der Waals surface area contributed by atoms with Crippen LogP contribution < -0.4 is 5.32 Å². The normalized spacial score (nSPS) is 19.0. The van der Waals surface area contributed by atoms with Crippen LogP contribution in [0.2, 0.25) is 0 Å². The number of allylic oxidation sites excluding steroid dienone is 9. The number of amides is 1. The molecule has 1 heterocycles. The van der Waals surface area contributed by atoms with Gasteiger partial charge in [-0.25, -0.2) is 0 Å². The van der Waals surface area contributed by atoms with Crippen LogP contribution >= 0.6 is 0 Å². The maximum Gasteiger partial charge on any atom is 0.306 e. The minimum Gasteiger partial charge on any atom is -0.454 e. The zero-order valence-corrected chi connectivity index (χ0v) is 53.1. The summed E-state index contributed by atoms with van der Waals surface area (Å²) < 4.78 is 17.7. The Morgan fingerprint density at radius 3 is 1.33 bits per heavy atom. The number of carbonyl (C=O) groups excluding carboxylic acids is 2. The molecule has 6 N–H and O–H groups in total. The van der Waals surface area contributed by atoms with Crippen LogP contribution in [0.15, 0.2) is 60.8 Å². The average Bonchev–Trinajstić information content (AvgIpc) is 3.45. The van der Waals surface area contributed by atoms with Crippen molar-refractivity contribution in [1.29, 1.82) is 0 Å². The minimum absolute atomic E-state index is 0.124. The molecule has 0 saturated carbocycles. The number of hydrogen-bond donors (Lipinski definition) is 6. The Hall–Kier alpha value is -2.64. The van der Waals surface area contributed by atoms with E-state index >= 15 is 0 Å². The lowest BCUT2D eigenvalue weighted by Crippen LogP contribution is -2.61. The lowest BCUT2D eigenvalue weighted by molar-refractivity contribution is -0.305. The number of nitrogens with one attached hydrogen (secondary N) is 1. The molecule has 0 aromatic carbocycles. The smallest absolute Gasteiger partial charge is 0.306 e. The number of carbonyl (C=O) groups is 2. The van der Waals surface area contributed by atoms with Crippen LogP contribution in [0.1, 0.15) is 316 Å². The monoisotopic (exact) mass is 1160 g/mol. The molecule has 8 atom stereocenters. The molecule has 0 aromatic rings. The van der Waals surface area contributed by atoms with Crippen molar-refractivity contribution in [2.75, 3.05) is 13.2 Å². The van der Waals surface area contributed by atoms with E-state index in [1.165, 1.54) is 173 Å². The summed E-state index contributed by atoms with van der Waals surface area (Å²) in [7, 11) is 0. The van der Waals surface area contributed by atoms with Gasteiger partial charge in [-0.3, -0.25) is 9.59 Å². The van der Waals surface area contributed by atoms with Gasteiger partial charge in [0.1, 0.15) is 24.4 Å². The Balaban J connectivity index is 2.53. The minimum atomic E-state index is -1.62. The maximum absolute atomic E-state index is 13.4. The van der Waals surface area contributed by atoms with Gasteiger partial charge in [-0.15, -0.1) is 0 Å². The van der Waals surface area contributed by atoms with Crippen molar-refractivity contribution >= 4 is 11.9 Å². The molecule has 8 unspecified atom stereocenters. The third-order valence-corrected chi connectivity index (χ3v) is 16.2. The standard InChI is InChI=1S/C71H129NO10/c1-4-7-10-13-16-19-22-25-26-27-28-29-30-31-32-33-34-35-36-37-38-41-44-47-50-53-56-59-66(76)82-69-68(78)67(77)65(60-73)81-71(69)80-61-62(63(74)57-54-51-48-45-42-39-23-20-17-14-11-8-5-2)72-70(79)64(75)58-55-52-49-46-43-40-24-21-18-15-12-9-6-3/h9,12,16,18-19,21,25-26,54,57,62-65,67-69,71,73-75,77-78H,4-8,10-11,13-15,17,20,22-24,27-53,55-56,58-61H2,1-3H3,(H,72,79)/b12-9+,19-16-,21-18+,26-25-,57-54+. The maximum atomic E-state index is 13.4. The largest absolute Gasteiger partial charge is 0.454 e. The molecule has 0 spiro atoms. The highest BCUT2D eigenvalue weighted by molar-refractivity contribution is 5.80. The molecule has 0 aliphatic carbocycles. The molecule has 0 radical (unpaired) electrons. The van der Waals surface area contributed by atoms with E-state index in [1.807, 2.05) is 6.08 Å². The summed E-state index contributed by atoms with van der Waals surface area (Å²) in [5.41, 5.74) is 0. The third-order valence-electron chi connectivity index (χ3n) is 16.2. The van der Waals surface area contributed by atoms with Crippen LogP contribution in [0.5, 0.6) is 0 Å². The molecule has 11 heteroatoms. The molecule has 1 amide bonds. The van der Waals surface area contributed by atoms with Crippen LogP contribution in [0.4, 0.5) is 0 Å². The number of ether oxygens (including phenoxy) is 3. The van der Waals surface area contributed by atoms with Crippen LogP contribution in [-0.4, -0.2) is 99.6 Å². The molecule has 11 nitrogen and oxygen atoms in total. The molecular weight excluding hydrogens is 1030 g/mol. The van der Waals surface area contributed by atoms with Gasteiger partial charge < -0.3 is 45.1 Å². The molecule has 1 aliphatic heterocycles. The van der Waals surface area contributed by atoms with E-state index in [9.17, 15) is 35.1 Å². The predicted octanol–water partition coefficient (Wildman–Crippen LogP) is 17.3. The van der Waals surface area contributed by atoms with Gasteiger partial charge >= 0.3 is 5.97 Å². The Kier molecular flexibility index (Phi) is 55.4. The zero-order chi connectivity index (χ0) is 59.6. The predicted molar refractivity (Wildman–Crippen MR) is 343 cm³/mol. The van der Waals surface area contributed by atoms with Crippen LogP contribution in [-0.2, 0) is 23.8 Å². The van der Waals surface area contributed by atoms with E-state index in [0.29, 0.717) is 12.8 Å². The van der Waals surface area contributed by atoms with E-state index in [2.05, 4.69) is 74.7 Å². The van der Waals surface area contributed by atoms with Gasteiger partial charge in [0.25, 0.3) is 0 Å². The van der Waals surface area contributed by atoms with Crippen molar-refractivity contribution in [2.24, 2.45) is 0 Å². The van der Waals surface area contributed by atoms with Gasteiger partial charge in [0.2, 0.25) is 5.91 Å². The van der Waals surface area contributed by atoms with E-state index in [1.54, 1.807) is 6.08 Å². The van der Waals surface area contributed by atoms with Crippen molar-refractivity contribution in [3.05, 3.63) is 60.8 Å². The molecule has 0 bridgehead atoms. The van der Waals surface area contributed by atoms with Gasteiger partial charge in [-0.05, 0) is 83.5 Å². The van der Waals surface area contributed by atoms with E-state index in [0.717, 1.165) is 96.3 Å². The molecule has 1 rings (SSSR count). The Morgan fingerprint density at radius 2 is 0.878 bits per heavy atom. The summed E-state index contributed by atoms with van der Waals surface area (Å²) in [4.78, 5) is 26.6. The highest BCUT2D eigenvalue weighted by atomic mass is 16.7. The number of aliphatic hydroxyl groups excluding tert-OH is 5. The number of esters is 1. The first-order valence-corrected chi connectivity index (χ1v) is 34.6. The number of aliphatic hydroxyl groups is 5. The summed E-state index contributed by atoms with van der Waals surface area (Å²) in [5.74, 6) is -1.19. The van der Waals surface area contributed by atoms with Crippen molar-refractivity contribution < 1.29 is 49.3 Å². The lowest BCUT2D eigenvalue weighted by Gasteiger charge is -2.41. The number of hydrogen-bond acceptors (Lipinski definition) is 10. The van der Waals surface area contributed by atoms with E-state index in [-0.39, 0.29) is 19.4 Å². The molecule has 1 saturated heterocycles. The SMILES string of the molecule is CC/C=C/C/C=C/CCCCCCCCC(O)C(=O)NC(COC1OC(CO)C(O)C(O)C1OC(=O)CCCCCCCCCCCCCCCCCCC/C=C\C/C=C\CCCCC)C(O)/C=C/CCCCCCCCCCCCC. The van der Waals surface area contributed by atoms with Crippen LogP contribution in [0.3, 0.4) is 0 Å². The quantitative estimate of drug-likeness (QED) is 0.0195. The molecular formula is C71H129NO10. The second kappa shape index (κ2) is 58.7. The van der Waals surface area contributed by atoms with Gasteiger partial charge in [0.15, 0.2) is 12.4 Å². The van der Waals surface area contributed by atoms with Crippen LogP contribution in [0, 0.1) is 0 Å². The van der Waals surface area contributed by atoms with E-state index in [4.69, 9.17) is 14.2 Å². The highest BCUT2D eigenvalue weighted by Crippen LogP contribution is 2.26. The van der Waals surface area contributed by atoms with Gasteiger partial charge in [-0.2, -0.15) is 0 Å². The fraction of sp³-hybridized carbons (Fsp3) is 0.831.